The molecule has 1 aromatic heterocycles. The van der Waals surface area contributed by atoms with E-state index in [1.54, 1.807) is 24.5 Å². The van der Waals surface area contributed by atoms with Crippen molar-refractivity contribution in [1.29, 1.82) is 0 Å². The smallest absolute Gasteiger partial charge is 0.187 e. The molecule has 0 spiro atoms. The molecule has 2 rings (SSSR count). The van der Waals surface area contributed by atoms with E-state index in [1.165, 1.54) is 11.8 Å². The second-order valence-corrected chi connectivity index (χ2v) is 5.09. The molecule has 0 N–H and O–H groups in total. The minimum Gasteiger partial charge on any atom is -0.335 e. The van der Waals surface area contributed by atoms with Gasteiger partial charge in [-0.3, -0.25) is 4.79 Å². The van der Waals surface area contributed by atoms with Crippen molar-refractivity contribution in [2.75, 3.05) is 11.4 Å². The molecule has 1 aliphatic heterocycles. The van der Waals surface area contributed by atoms with Gasteiger partial charge < -0.3 is 4.90 Å². The summed E-state index contributed by atoms with van der Waals surface area (Å²) in [5.41, 5.74) is 0. The zero-order valence-electron chi connectivity index (χ0n) is 7.27. The summed E-state index contributed by atoms with van der Waals surface area (Å²) in [6, 6.07) is 0. The van der Waals surface area contributed by atoms with Crippen LogP contribution in [0.4, 0.5) is 5.13 Å². The summed E-state index contributed by atoms with van der Waals surface area (Å²) in [4.78, 5) is 17.3. The summed E-state index contributed by atoms with van der Waals surface area (Å²) in [5, 5.41) is 3.50. The highest BCUT2D eigenvalue weighted by atomic mass is 32.2. The highest BCUT2D eigenvalue weighted by Gasteiger charge is 2.31. The average Bonchev–Trinajstić information content (AvgIpc) is 2.51. The molecule has 1 fully saturated rings. The van der Waals surface area contributed by atoms with Crippen LogP contribution < -0.4 is 4.90 Å². The van der Waals surface area contributed by atoms with E-state index in [4.69, 9.17) is 0 Å². The van der Waals surface area contributed by atoms with E-state index in [9.17, 15) is 4.79 Å². The van der Waals surface area contributed by atoms with E-state index in [0.29, 0.717) is 5.37 Å². The third-order valence-electron chi connectivity index (χ3n) is 1.93. The first-order valence-electron chi connectivity index (χ1n) is 4.11. The van der Waals surface area contributed by atoms with E-state index >= 15 is 0 Å². The molecule has 0 saturated carbocycles. The molecule has 1 saturated heterocycles. The third-order valence-corrected chi connectivity index (χ3v) is 3.83. The Bertz CT molecular complexity index is 299. The standard InChI is InChI=1S/C8H10N2OS2/c1-6(11)13-7-2-4-10(7)8-9-3-5-12-8/h3,5,7H,2,4H2,1H3. The Kier molecular flexibility index (Phi) is 2.55. The molecule has 0 aliphatic carbocycles. The number of hydrogen-bond donors (Lipinski definition) is 0. The number of carbonyl (C=O) groups excluding carboxylic acids is 1. The summed E-state index contributed by atoms with van der Waals surface area (Å²) in [6.45, 7) is 2.64. The van der Waals surface area contributed by atoms with E-state index in [0.717, 1.165) is 18.1 Å². The van der Waals surface area contributed by atoms with Crippen LogP contribution in [-0.2, 0) is 4.79 Å². The van der Waals surface area contributed by atoms with E-state index < -0.39 is 0 Å². The fraction of sp³-hybridized carbons (Fsp3) is 0.500. The molecule has 0 aromatic carbocycles. The van der Waals surface area contributed by atoms with Crippen LogP contribution in [0.3, 0.4) is 0 Å². The van der Waals surface area contributed by atoms with Crippen LogP contribution in [0.5, 0.6) is 0 Å². The van der Waals surface area contributed by atoms with Gasteiger partial charge in [-0.2, -0.15) is 0 Å². The summed E-state index contributed by atoms with van der Waals surface area (Å²) in [6.07, 6.45) is 2.89. The number of hydrogen-bond acceptors (Lipinski definition) is 5. The Morgan fingerprint density at radius 2 is 2.69 bits per heavy atom. The molecule has 1 atom stereocenters. The van der Waals surface area contributed by atoms with E-state index in [1.807, 2.05) is 5.38 Å². The number of rotatable bonds is 2. The van der Waals surface area contributed by atoms with Gasteiger partial charge in [0.2, 0.25) is 0 Å². The zero-order valence-corrected chi connectivity index (χ0v) is 8.90. The van der Waals surface area contributed by atoms with Crippen molar-refractivity contribution in [3.05, 3.63) is 11.6 Å². The Balaban J connectivity index is 1.99. The number of anilines is 1. The molecule has 13 heavy (non-hydrogen) atoms. The lowest BCUT2D eigenvalue weighted by Gasteiger charge is -2.39. The van der Waals surface area contributed by atoms with E-state index in [2.05, 4.69) is 9.88 Å². The second-order valence-electron chi connectivity index (χ2n) is 2.86. The first-order chi connectivity index (χ1) is 6.27. The maximum atomic E-state index is 10.9. The van der Waals surface area contributed by atoms with E-state index in [-0.39, 0.29) is 5.12 Å². The van der Waals surface area contributed by atoms with Gasteiger partial charge in [-0.25, -0.2) is 4.98 Å². The molecule has 2 heterocycles. The fourth-order valence-corrected chi connectivity index (χ4v) is 2.98. The highest BCUT2D eigenvalue weighted by Crippen LogP contribution is 2.34. The Labute approximate surface area is 85.2 Å². The summed E-state index contributed by atoms with van der Waals surface area (Å²) >= 11 is 3.03. The summed E-state index contributed by atoms with van der Waals surface area (Å²) in [5.74, 6) is 0. The lowest BCUT2D eigenvalue weighted by Crippen LogP contribution is -2.46. The predicted molar refractivity (Wildman–Crippen MR) is 56.1 cm³/mol. The number of aromatic nitrogens is 1. The number of nitrogens with zero attached hydrogens (tertiary/aromatic N) is 2. The Morgan fingerprint density at radius 3 is 3.15 bits per heavy atom. The molecule has 0 bridgehead atoms. The third kappa shape index (κ3) is 1.86. The molecule has 1 aromatic rings. The molecule has 1 aliphatic rings. The van der Waals surface area contributed by atoms with Gasteiger partial charge in [0.1, 0.15) is 0 Å². The second kappa shape index (κ2) is 3.67. The van der Waals surface area contributed by atoms with Crippen LogP contribution in [0.15, 0.2) is 11.6 Å². The van der Waals surface area contributed by atoms with Crippen LogP contribution in [0.25, 0.3) is 0 Å². The zero-order chi connectivity index (χ0) is 9.26. The number of thioether (sulfide) groups is 1. The number of carbonyl (C=O) groups is 1. The largest absolute Gasteiger partial charge is 0.335 e. The SMILES string of the molecule is CC(=O)SC1CCN1c1nccs1. The van der Waals surface area contributed by atoms with Gasteiger partial charge in [0.05, 0.1) is 5.37 Å². The molecule has 70 valence electrons. The topological polar surface area (TPSA) is 33.2 Å². The van der Waals surface area contributed by atoms with Gasteiger partial charge >= 0.3 is 0 Å². The monoisotopic (exact) mass is 214 g/mol. The highest BCUT2D eigenvalue weighted by molar-refractivity contribution is 8.14. The fourth-order valence-electron chi connectivity index (χ4n) is 1.25. The maximum Gasteiger partial charge on any atom is 0.187 e. The predicted octanol–water partition coefficient (Wildman–Crippen LogP) is 1.96. The molecule has 0 amide bonds. The average molecular weight is 214 g/mol. The molecular weight excluding hydrogens is 204 g/mol. The van der Waals surface area contributed by atoms with Crippen molar-refractivity contribution in [3.63, 3.8) is 0 Å². The van der Waals surface area contributed by atoms with Gasteiger partial charge in [0.25, 0.3) is 0 Å². The van der Waals surface area contributed by atoms with Crippen LogP contribution in [0, 0.1) is 0 Å². The van der Waals surface area contributed by atoms with Crippen LogP contribution in [0.2, 0.25) is 0 Å². The van der Waals surface area contributed by atoms with Gasteiger partial charge in [0.15, 0.2) is 10.2 Å². The van der Waals surface area contributed by atoms with Gasteiger partial charge in [0, 0.05) is 25.0 Å². The minimum absolute atomic E-state index is 0.186. The van der Waals surface area contributed by atoms with Crippen molar-refractivity contribution in [3.8, 4) is 0 Å². The van der Waals surface area contributed by atoms with Gasteiger partial charge in [-0.1, -0.05) is 11.8 Å². The molecular formula is C8H10N2OS2. The van der Waals surface area contributed by atoms with Crippen LogP contribution in [-0.4, -0.2) is 22.0 Å². The van der Waals surface area contributed by atoms with Crippen molar-refractivity contribution < 1.29 is 4.79 Å². The number of thiazole rings is 1. The molecule has 1 unspecified atom stereocenters. The van der Waals surface area contributed by atoms with Gasteiger partial charge in [-0.15, -0.1) is 11.3 Å². The van der Waals surface area contributed by atoms with Gasteiger partial charge in [-0.05, 0) is 6.42 Å². The van der Waals surface area contributed by atoms with Crippen LogP contribution >= 0.6 is 23.1 Å². The lowest BCUT2D eigenvalue weighted by atomic mass is 10.2. The van der Waals surface area contributed by atoms with Crippen LogP contribution in [0.1, 0.15) is 13.3 Å². The maximum absolute atomic E-state index is 10.9. The summed E-state index contributed by atoms with van der Waals surface area (Å²) < 4.78 is 0. The Hall–Kier alpha value is -0.550. The minimum atomic E-state index is 0.186. The normalized spacial score (nSPS) is 21.3. The molecule has 0 radical (unpaired) electrons. The molecule has 5 heteroatoms. The first-order valence-corrected chi connectivity index (χ1v) is 5.86. The Morgan fingerprint density at radius 1 is 1.85 bits per heavy atom. The quantitative estimate of drug-likeness (QED) is 0.753. The van der Waals surface area contributed by atoms with Crippen molar-refractivity contribution in [1.82, 2.24) is 4.98 Å². The lowest BCUT2D eigenvalue weighted by molar-refractivity contribution is -0.109. The summed E-state index contributed by atoms with van der Waals surface area (Å²) in [7, 11) is 0. The first kappa shape index (κ1) is 9.02. The van der Waals surface area contributed by atoms with Crippen molar-refractivity contribution in [2.45, 2.75) is 18.7 Å². The van der Waals surface area contributed by atoms with Crippen molar-refractivity contribution in [2.24, 2.45) is 0 Å². The van der Waals surface area contributed by atoms with Crippen molar-refractivity contribution >= 4 is 33.3 Å². The molecule has 3 nitrogen and oxygen atoms in total.